The number of hydrogen-bond donors (Lipinski definition) is 0. The Labute approximate surface area is 97.9 Å². The Kier molecular flexibility index (Phi) is 3.95. The quantitative estimate of drug-likeness (QED) is 0.777. The Morgan fingerprint density at radius 2 is 2.00 bits per heavy atom. The van der Waals surface area contributed by atoms with E-state index < -0.39 is 0 Å². The van der Waals surface area contributed by atoms with E-state index in [2.05, 4.69) is 39.0 Å². The van der Waals surface area contributed by atoms with E-state index in [0.29, 0.717) is 6.42 Å². The van der Waals surface area contributed by atoms with Crippen LogP contribution < -0.4 is 4.74 Å². The number of methoxy groups -OCH3 is 1. The molecule has 16 heavy (non-hydrogen) atoms. The van der Waals surface area contributed by atoms with Crippen LogP contribution in [-0.4, -0.2) is 7.11 Å². The summed E-state index contributed by atoms with van der Waals surface area (Å²) >= 11 is 0. The lowest BCUT2D eigenvalue weighted by molar-refractivity contribution is 0.409. The van der Waals surface area contributed by atoms with Crippen molar-refractivity contribution in [3.63, 3.8) is 0 Å². The minimum absolute atomic E-state index is 0.133. The van der Waals surface area contributed by atoms with Crippen molar-refractivity contribution in [1.82, 2.24) is 0 Å². The maximum Gasteiger partial charge on any atom is 0.122 e. The molecular formula is C14H19NO. The van der Waals surface area contributed by atoms with Crippen LogP contribution in [0.25, 0.3) is 0 Å². The SMILES string of the molecule is COc1ccc(C(C)(C)C)cc1CCC#N. The highest BCUT2D eigenvalue weighted by atomic mass is 16.5. The van der Waals surface area contributed by atoms with Gasteiger partial charge in [-0.3, -0.25) is 0 Å². The normalized spacial score (nSPS) is 10.9. The molecular weight excluding hydrogens is 198 g/mol. The third-order valence-electron chi connectivity index (χ3n) is 2.65. The van der Waals surface area contributed by atoms with Crippen LogP contribution in [0.3, 0.4) is 0 Å². The van der Waals surface area contributed by atoms with Gasteiger partial charge < -0.3 is 4.74 Å². The van der Waals surface area contributed by atoms with E-state index in [1.54, 1.807) is 7.11 Å². The van der Waals surface area contributed by atoms with Gasteiger partial charge in [0.25, 0.3) is 0 Å². The van der Waals surface area contributed by atoms with Crippen LogP contribution in [0.1, 0.15) is 38.3 Å². The number of hydrogen-bond acceptors (Lipinski definition) is 2. The molecule has 86 valence electrons. The topological polar surface area (TPSA) is 33.0 Å². The van der Waals surface area contributed by atoms with Crippen LogP contribution in [0.15, 0.2) is 18.2 Å². The lowest BCUT2D eigenvalue weighted by Crippen LogP contribution is -2.11. The summed E-state index contributed by atoms with van der Waals surface area (Å²) in [4.78, 5) is 0. The standard InChI is InChI=1S/C14H19NO/c1-14(2,3)12-7-8-13(16-4)11(10-12)6-5-9-15/h7-8,10H,5-6H2,1-4H3. The van der Waals surface area contributed by atoms with Crippen LogP contribution in [0.4, 0.5) is 0 Å². The molecule has 2 nitrogen and oxygen atoms in total. The molecule has 2 heteroatoms. The molecule has 0 heterocycles. The van der Waals surface area contributed by atoms with Gasteiger partial charge in [0, 0.05) is 6.42 Å². The summed E-state index contributed by atoms with van der Waals surface area (Å²) in [6, 6.07) is 8.40. The first-order valence-electron chi connectivity index (χ1n) is 5.53. The van der Waals surface area contributed by atoms with Crippen molar-refractivity contribution >= 4 is 0 Å². The van der Waals surface area contributed by atoms with Gasteiger partial charge in [0.05, 0.1) is 13.2 Å². The Morgan fingerprint density at radius 1 is 1.31 bits per heavy atom. The molecule has 0 aromatic heterocycles. The molecule has 0 N–H and O–H groups in total. The Hall–Kier alpha value is -1.49. The molecule has 0 saturated carbocycles. The zero-order valence-electron chi connectivity index (χ0n) is 10.5. The average Bonchev–Trinajstić information content (AvgIpc) is 2.24. The first-order valence-corrected chi connectivity index (χ1v) is 5.53. The zero-order valence-corrected chi connectivity index (χ0v) is 10.5. The van der Waals surface area contributed by atoms with E-state index in [4.69, 9.17) is 10.00 Å². The lowest BCUT2D eigenvalue weighted by Gasteiger charge is -2.20. The molecule has 1 rings (SSSR count). The molecule has 0 aliphatic carbocycles. The summed E-state index contributed by atoms with van der Waals surface area (Å²) in [5.74, 6) is 0.878. The van der Waals surface area contributed by atoms with Gasteiger partial charge in [0.15, 0.2) is 0 Å². The van der Waals surface area contributed by atoms with Crippen molar-refractivity contribution in [2.75, 3.05) is 7.11 Å². The monoisotopic (exact) mass is 217 g/mol. The second kappa shape index (κ2) is 5.03. The van der Waals surface area contributed by atoms with Crippen molar-refractivity contribution in [2.45, 2.75) is 39.0 Å². The maximum atomic E-state index is 8.63. The lowest BCUT2D eigenvalue weighted by atomic mass is 9.85. The predicted molar refractivity (Wildman–Crippen MR) is 65.6 cm³/mol. The first-order chi connectivity index (χ1) is 7.49. The van der Waals surface area contributed by atoms with E-state index in [0.717, 1.165) is 17.7 Å². The van der Waals surface area contributed by atoms with E-state index in [1.165, 1.54) is 5.56 Å². The molecule has 0 amide bonds. The second-order valence-corrected chi connectivity index (χ2v) is 4.93. The van der Waals surface area contributed by atoms with E-state index in [9.17, 15) is 0 Å². The summed E-state index contributed by atoms with van der Waals surface area (Å²) in [7, 11) is 1.67. The Morgan fingerprint density at radius 3 is 2.50 bits per heavy atom. The summed E-state index contributed by atoms with van der Waals surface area (Å²) in [5, 5.41) is 8.63. The minimum Gasteiger partial charge on any atom is -0.496 e. The van der Waals surface area contributed by atoms with E-state index in [-0.39, 0.29) is 5.41 Å². The number of nitrogens with zero attached hydrogens (tertiary/aromatic N) is 1. The van der Waals surface area contributed by atoms with E-state index >= 15 is 0 Å². The van der Waals surface area contributed by atoms with Crippen LogP contribution in [-0.2, 0) is 11.8 Å². The average molecular weight is 217 g/mol. The third-order valence-corrected chi connectivity index (χ3v) is 2.65. The van der Waals surface area contributed by atoms with Crippen molar-refractivity contribution in [3.8, 4) is 11.8 Å². The zero-order chi connectivity index (χ0) is 12.2. The largest absolute Gasteiger partial charge is 0.496 e. The van der Waals surface area contributed by atoms with Gasteiger partial charge >= 0.3 is 0 Å². The predicted octanol–water partition coefficient (Wildman–Crippen LogP) is 3.45. The highest BCUT2D eigenvalue weighted by Gasteiger charge is 2.15. The number of ether oxygens (including phenoxy) is 1. The van der Waals surface area contributed by atoms with Gasteiger partial charge in [-0.1, -0.05) is 32.9 Å². The van der Waals surface area contributed by atoms with Gasteiger partial charge in [-0.25, -0.2) is 0 Å². The summed E-state index contributed by atoms with van der Waals surface area (Å²) in [5.41, 5.74) is 2.53. The molecule has 0 saturated heterocycles. The minimum atomic E-state index is 0.133. The highest BCUT2D eigenvalue weighted by Crippen LogP contribution is 2.28. The maximum absolute atomic E-state index is 8.63. The molecule has 0 aliphatic rings. The van der Waals surface area contributed by atoms with Gasteiger partial charge in [-0.15, -0.1) is 0 Å². The number of nitriles is 1. The van der Waals surface area contributed by atoms with Crippen molar-refractivity contribution < 1.29 is 4.74 Å². The van der Waals surface area contributed by atoms with Crippen LogP contribution >= 0.6 is 0 Å². The molecule has 0 radical (unpaired) electrons. The summed E-state index contributed by atoms with van der Waals surface area (Å²) in [6.45, 7) is 6.55. The van der Waals surface area contributed by atoms with Gasteiger partial charge in [-0.2, -0.15) is 5.26 Å². The summed E-state index contributed by atoms with van der Waals surface area (Å²) < 4.78 is 5.30. The van der Waals surface area contributed by atoms with Gasteiger partial charge in [0.2, 0.25) is 0 Å². The van der Waals surface area contributed by atoms with Crippen LogP contribution in [0, 0.1) is 11.3 Å². The molecule has 0 unspecified atom stereocenters. The third kappa shape index (κ3) is 3.00. The molecule has 0 spiro atoms. The van der Waals surface area contributed by atoms with Gasteiger partial charge in [0.1, 0.15) is 5.75 Å². The number of aryl methyl sites for hydroxylation is 1. The van der Waals surface area contributed by atoms with Crippen LogP contribution in [0.5, 0.6) is 5.75 Å². The molecule has 0 bridgehead atoms. The second-order valence-electron chi connectivity index (χ2n) is 4.93. The van der Waals surface area contributed by atoms with Crippen molar-refractivity contribution in [1.29, 1.82) is 5.26 Å². The first kappa shape index (κ1) is 12.6. The fourth-order valence-electron chi connectivity index (χ4n) is 1.63. The molecule has 1 aromatic rings. The molecule has 0 fully saturated rings. The highest BCUT2D eigenvalue weighted by molar-refractivity contribution is 5.40. The molecule has 0 aliphatic heterocycles. The number of benzene rings is 1. The Balaban J connectivity index is 3.07. The number of rotatable bonds is 3. The summed E-state index contributed by atoms with van der Waals surface area (Å²) in [6.07, 6.45) is 1.29. The van der Waals surface area contributed by atoms with Gasteiger partial charge in [-0.05, 0) is 29.0 Å². The fourth-order valence-corrected chi connectivity index (χ4v) is 1.63. The molecule has 0 atom stereocenters. The van der Waals surface area contributed by atoms with Crippen molar-refractivity contribution in [2.24, 2.45) is 0 Å². The van der Waals surface area contributed by atoms with Crippen molar-refractivity contribution in [3.05, 3.63) is 29.3 Å². The fraction of sp³-hybridized carbons (Fsp3) is 0.500. The smallest absolute Gasteiger partial charge is 0.122 e. The Bertz CT molecular complexity index is 396. The van der Waals surface area contributed by atoms with Crippen LogP contribution in [0.2, 0.25) is 0 Å². The molecule has 1 aromatic carbocycles. The van der Waals surface area contributed by atoms with E-state index in [1.807, 2.05) is 6.07 Å².